The largest absolute Gasteiger partial charge is 0.466 e. The Hall–Kier alpha value is -1.98. The third-order valence-electron chi connectivity index (χ3n) is 6.26. The zero-order chi connectivity index (χ0) is 24.2. The molecule has 0 N–H and O–H groups in total. The van der Waals surface area contributed by atoms with Crippen LogP contribution in [0, 0.1) is 18.8 Å². The molecule has 3 heterocycles. The average molecular weight is 500 g/mol. The normalized spacial score (nSPS) is 20.5. The van der Waals surface area contributed by atoms with Crippen LogP contribution in [0.15, 0.2) is 16.3 Å². The van der Waals surface area contributed by atoms with E-state index in [0.29, 0.717) is 56.1 Å². The van der Waals surface area contributed by atoms with Gasteiger partial charge in [-0.2, -0.15) is 4.31 Å². The van der Waals surface area contributed by atoms with Crippen LogP contribution >= 0.6 is 11.3 Å². The van der Waals surface area contributed by atoms with Crippen LogP contribution in [0.5, 0.6) is 0 Å². The maximum atomic E-state index is 13.0. The van der Waals surface area contributed by atoms with Crippen molar-refractivity contribution in [1.29, 1.82) is 0 Å². The molecule has 2 amide bonds. The first kappa shape index (κ1) is 25.6. The number of hydrogen-bond acceptors (Lipinski definition) is 7. The number of rotatable bonds is 7. The summed E-state index contributed by atoms with van der Waals surface area (Å²) in [6, 6.07) is 3.38. The summed E-state index contributed by atoms with van der Waals surface area (Å²) in [5.41, 5.74) is 0. The molecule has 0 aromatic carbocycles. The second-order valence-electron chi connectivity index (χ2n) is 8.67. The van der Waals surface area contributed by atoms with Gasteiger partial charge in [0.2, 0.25) is 11.8 Å². The van der Waals surface area contributed by atoms with E-state index in [-0.39, 0.29) is 36.8 Å². The number of likely N-dealkylation sites (N-methyl/N-ethyl adjacent to an activating group) is 1. The van der Waals surface area contributed by atoms with Crippen molar-refractivity contribution in [2.45, 2.75) is 43.7 Å². The monoisotopic (exact) mass is 499 g/mol. The minimum Gasteiger partial charge on any atom is -0.466 e. The van der Waals surface area contributed by atoms with Gasteiger partial charge in [-0.3, -0.25) is 14.4 Å². The van der Waals surface area contributed by atoms with E-state index in [9.17, 15) is 22.8 Å². The molecule has 0 bridgehead atoms. The van der Waals surface area contributed by atoms with Crippen molar-refractivity contribution in [3.8, 4) is 0 Å². The van der Waals surface area contributed by atoms with Crippen LogP contribution < -0.4 is 0 Å². The average Bonchev–Trinajstić information content (AvgIpc) is 3.26. The van der Waals surface area contributed by atoms with Crippen LogP contribution in [0.4, 0.5) is 0 Å². The smallest absolute Gasteiger partial charge is 0.309 e. The Morgan fingerprint density at radius 2 is 1.82 bits per heavy atom. The zero-order valence-corrected chi connectivity index (χ0v) is 21.1. The molecule has 1 unspecified atom stereocenters. The van der Waals surface area contributed by atoms with Gasteiger partial charge in [-0.05, 0) is 51.7 Å². The number of esters is 1. The van der Waals surface area contributed by atoms with Crippen molar-refractivity contribution in [1.82, 2.24) is 14.1 Å². The molecule has 2 aliphatic rings. The van der Waals surface area contributed by atoms with Gasteiger partial charge < -0.3 is 14.5 Å². The second-order valence-corrected chi connectivity index (χ2v) is 12.1. The Morgan fingerprint density at radius 1 is 1.12 bits per heavy atom. The molecule has 11 heteroatoms. The van der Waals surface area contributed by atoms with Crippen LogP contribution in [0.1, 0.15) is 37.5 Å². The zero-order valence-electron chi connectivity index (χ0n) is 19.5. The molecule has 0 saturated carbocycles. The number of ether oxygens (including phenoxy) is 1. The Morgan fingerprint density at radius 3 is 2.42 bits per heavy atom. The molecule has 33 heavy (non-hydrogen) atoms. The predicted octanol–water partition coefficient (Wildman–Crippen LogP) is 1.72. The van der Waals surface area contributed by atoms with E-state index in [4.69, 9.17) is 4.74 Å². The van der Waals surface area contributed by atoms with E-state index >= 15 is 0 Å². The summed E-state index contributed by atoms with van der Waals surface area (Å²) in [7, 11) is -2.04. The first-order valence-electron chi connectivity index (χ1n) is 11.4. The third-order valence-corrected chi connectivity index (χ3v) is 9.59. The number of sulfonamides is 1. The molecule has 3 rings (SSSR count). The lowest BCUT2D eigenvalue weighted by Gasteiger charge is -2.34. The number of thiophene rings is 1. The lowest BCUT2D eigenvalue weighted by Crippen LogP contribution is -2.49. The minimum atomic E-state index is -3.62. The van der Waals surface area contributed by atoms with Crippen LogP contribution in [-0.4, -0.2) is 86.7 Å². The third kappa shape index (κ3) is 6.13. The Bertz CT molecular complexity index is 969. The maximum Gasteiger partial charge on any atom is 0.309 e. The van der Waals surface area contributed by atoms with E-state index in [0.717, 1.165) is 4.88 Å². The molecule has 2 fully saturated rings. The van der Waals surface area contributed by atoms with Gasteiger partial charge in [0, 0.05) is 38.1 Å². The molecule has 1 aromatic rings. The summed E-state index contributed by atoms with van der Waals surface area (Å²) in [6.45, 7) is 5.35. The molecule has 0 aliphatic carbocycles. The van der Waals surface area contributed by atoms with Gasteiger partial charge in [0.25, 0.3) is 10.0 Å². The number of likely N-dealkylation sites (tertiary alicyclic amines) is 1. The van der Waals surface area contributed by atoms with E-state index in [1.54, 1.807) is 31.0 Å². The predicted molar refractivity (Wildman–Crippen MR) is 124 cm³/mol. The highest BCUT2D eigenvalue weighted by Gasteiger charge is 2.36. The lowest BCUT2D eigenvalue weighted by molar-refractivity contribution is -0.151. The van der Waals surface area contributed by atoms with Crippen LogP contribution in [-0.2, 0) is 29.1 Å². The van der Waals surface area contributed by atoms with E-state index in [1.807, 2.05) is 6.92 Å². The maximum absolute atomic E-state index is 13.0. The van der Waals surface area contributed by atoms with Gasteiger partial charge in [-0.1, -0.05) is 0 Å². The number of piperidine rings is 2. The highest BCUT2D eigenvalue weighted by molar-refractivity contribution is 7.91. The van der Waals surface area contributed by atoms with Gasteiger partial charge in [0.05, 0.1) is 25.0 Å². The topological polar surface area (TPSA) is 104 Å². The number of aryl methyl sites for hydroxylation is 1. The fraction of sp³-hybridized carbons (Fsp3) is 0.682. The van der Waals surface area contributed by atoms with E-state index < -0.39 is 15.9 Å². The fourth-order valence-electron chi connectivity index (χ4n) is 4.36. The molecule has 184 valence electrons. The summed E-state index contributed by atoms with van der Waals surface area (Å²) < 4.78 is 32.7. The first-order valence-corrected chi connectivity index (χ1v) is 13.6. The summed E-state index contributed by atoms with van der Waals surface area (Å²) in [5.74, 6) is -1.25. The highest BCUT2D eigenvalue weighted by Crippen LogP contribution is 2.29. The molecule has 9 nitrogen and oxygen atoms in total. The van der Waals surface area contributed by atoms with Crippen LogP contribution in [0.25, 0.3) is 0 Å². The molecule has 2 saturated heterocycles. The van der Waals surface area contributed by atoms with Crippen molar-refractivity contribution in [3.63, 3.8) is 0 Å². The number of hydrogen-bond donors (Lipinski definition) is 0. The lowest BCUT2D eigenvalue weighted by atomic mass is 9.96. The van der Waals surface area contributed by atoms with Gasteiger partial charge in [0.15, 0.2) is 0 Å². The summed E-state index contributed by atoms with van der Waals surface area (Å²) >= 11 is 1.23. The number of amides is 2. The van der Waals surface area contributed by atoms with E-state index in [1.165, 1.54) is 20.5 Å². The minimum absolute atomic E-state index is 0.0593. The van der Waals surface area contributed by atoms with Crippen molar-refractivity contribution >= 4 is 39.1 Å². The number of carbonyl (C=O) groups is 3. The number of carbonyl (C=O) groups excluding carboxylic acids is 3. The van der Waals surface area contributed by atoms with E-state index in [2.05, 4.69) is 0 Å². The molecule has 1 aromatic heterocycles. The fourth-order valence-corrected chi connectivity index (χ4v) is 7.32. The standard InChI is InChI=1S/C22H33N3O6S2/c1-4-31-22(28)17-9-12-24(13-10-17)19(26)15-23(3)21(27)18-6-5-11-25(14-18)33(29,30)20-8-7-16(2)32-20/h7-8,17-18H,4-6,9-15H2,1-3H3. The summed E-state index contributed by atoms with van der Waals surface area (Å²) in [5, 5.41) is 0. The van der Waals surface area contributed by atoms with Crippen LogP contribution in [0.3, 0.4) is 0 Å². The van der Waals surface area contributed by atoms with Crippen molar-refractivity contribution in [2.75, 3.05) is 46.4 Å². The number of nitrogens with zero attached hydrogens (tertiary/aromatic N) is 3. The Balaban J connectivity index is 1.53. The Kier molecular flexibility index (Phi) is 8.52. The van der Waals surface area contributed by atoms with Crippen molar-refractivity contribution in [3.05, 3.63) is 17.0 Å². The van der Waals surface area contributed by atoms with Crippen molar-refractivity contribution < 1.29 is 27.5 Å². The first-order chi connectivity index (χ1) is 15.6. The van der Waals surface area contributed by atoms with Crippen LogP contribution in [0.2, 0.25) is 0 Å². The molecule has 0 spiro atoms. The summed E-state index contributed by atoms with van der Waals surface area (Å²) in [4.78, 5) is 41.6. The van der Waals surface area contributed by atoms with Gasteiger partial charge in [-0.15, -0.1) is 11.3 Å². The second kappa shape index (κ2) is 11.0. The van der Waals surface area contributed by atoms with Gasteiger partial charge in [0.1, 0.15) is 4.21 Å². The molecular formula is C22H33N3O6S2. The summed E-state index contributed by atoms with van der Waals surface area (Å²) in [6.07, 6.45) is 2.31. The van der Waals surface area contributed by atoms with Gasteiger partial charge >= 0.3 is 5.97 Å². The molecule has 0 radical (unpaired) electrons. The molecular weight excluding hydrogens is 466 g/mol. The SMILES string of the molecule is CCOC(=O)C1CCN(C(=O)CN(C)C(=O)C2CCCN(S(=O)(=O)c3ccc(C)s3)C2)CC1. The van der Waals surface area contributed by atoms with Gasteiger partial charge in [-0.25, -0.2) is 8.42 Å². The Labute approximate surface area is 199 Å². The highest BCUT2D eigenvalue weighted by atomic mass is 32.2. The quantitative estimate of drug-likeness (QED) is 0.529. The molecule has 2 aliphatic heterocycles. The van der Waals surface area contributed by atoms with Crippen molar-refractivity contribution in [2.24, 2.45) is 11.8 Å². The molecule has 1 atom stereocenters.